The number of hydrogen-bond donors (Lipinski definition) is 0. The largest absolute Gasteiger partial charge is 0.0808 e. The van der Waals surface area contributed by atoms with Crippen molar-refractivity contribution in [3.05, 3.63) is 65.0 Å². The molecular formula is C20H24P2. The maximum Gasteiger partial charge on any atom is -0.00119 e. The topological polar surface area (TPSA) is 0 Å². The van der Waals surface area contributed by atoms with Crippen LogP contribution in [-0.4, -0.2) is 19.0 Å². The van der Waals surface area contributed by atoms with E-state index in [4.69, 9.17) is 0 Å². The zero-order valence-electron chi connectivity index (χ0n) is 13.4. The van der Waals surface area contributed by atoms with Gasteiger partial charge in [0.2, 0.25) is 0 Å². The fourth-order valence-corrected chi connectivity index (χ4v) is 10.5. The van der Waals surface area contributed by atoms with E-state index < -0.39 is 0 Å². The summed E-state index contributed by atoms with van der Waals surface area (Å²) < 4.78 is 0. The van der Waals surface area contributed by atoms with Gasteiger partial charge in [-0.2, -0.15) is 0 Å². The minimum atomic E-state index is 0.0497. The highest BCUT2D eigenvalue weighted by atomic mass is 32.1. The van der Waals surface area contributed by atoms with Crippen LogP contribution in [0.5, 0.6) is 0 Å². The van der Waals surface area contributed by atoms with E-state index in [2.05, 4.69) is 68.0 Å². The van der Waals surface area contributed by atoms with Gasteiger partial charge in [-0.05, 0) is 66.5 Å². The average molecular weight is 326 g/mol. The molecule has 0 nitrogen and oxygen atoms in total. The summed E-state index contributed by atoms with van der Waals surface area (Å²) in [4.78, 5) is 0. The van der Waals surface area contributed by atoms with Crippen LogP contribution < -0.4 is 0 Å². The third-order valence-electron chi connectivity index (χ3n) is 5.63. The molecule has 0 aliphatic heterocycles. The average Bonchev–Trinajstić information content (AvgIpc) is 3.16. The SMILES string of the molecule is CP(C1=Cc2ccccc2C1)P(C)C1CC2C=CC=CC2C1. The molecule has 0 saturated heterocycles. The van der Waals surface area contributed by atoms with Gasteiger partial charge in [0.25, 0.3) is 0 Å². The highest BCUT2D eigenvalue weighted by Gasteiger charge is 2.37. The minimum absolute atomic E-state index is 0.0497. The maximum atomic E-state index is 2.58. The molecule has 1 aromatic carbocycles. The molecule has 0 spiro atoms. The van der Waals surface area contributed by atoms with Crippen molar-refractivity contribution in [2.45, 2.75) is 24.9 Å². The van der Waals surface area contributed by atoms with Crippen molar-refractivity contribution < 1.29 is 0 Å². The first-order valence-electron chi connectivity index (χ1n) is 8.32. The van der Waals surface area contributed by atoms with E-state index in [-0.39, 0.29) is 15.2 Å². The van der Waals surface area contributed by atoms with Gasteiger partial charge in [0, 0.05) is 0 Å². The van der Waals surface area contributed by atoms with Crippen LogP contribution in [0.15, 0.2) is 53.9 Å². The fourth-order valence-electron chi connectivity index (χ4n) is 4.15. The summed E-state index contributed by atoms with van der Waals surface area (Å²) in [5.74, 6) is 1.66. The minimum Gasteiger partial charge on any atom is -0.0808 e. The Morgan fingerprint density at radius 1 is 0.955 bits per heavy atom. The molecule has 2 heteroatoms. The summed E-state index contributed by atoms with van der Waals surface area (Å²) >= 11 is 0. The molecule has 0 amide bonds. The van der Waals surface area contributed by atoms with Gasteiger partial charge in [-0.25, -0.2) is 0 Å². The Kier molecular flexibility index (Phi) is 4.10. The summed E-state index contributed by atoms with van der Waals surface area (Å²) in [7, 11) is 0.185. The van der Waals surface area contributed by atoms with Gasteiger partial charge in [0.15, 0.2) is 0 Å². The summed E-state index contributed by atoms with van der Waals surface area (Å²) in [5.41, 5.74) is 3.99. The Hall–Kier alpha value is -0.700. The Bertz CT molecular complexity index is 635. The third kappa shape index (κ3) is 2.66. The van der Waals surface area contributed by atoms with Gasteiger partial charge < -0.3 is 0 Å². The molecule has 1 saturated carbocycles. The zero-order valence-corrected chi connectivity index (χ0v) is 15.2. The Labute approximate surface area is 136 Å². The van der Waals surface area contributed by atoms with E-state index in [1.165, 1.54) is 24.8 Å². The number of fused-ring (bicyclic) bond motifs is 2. The molecule has 0 bridgehead atoms. The Balaban J connectivity index is 1.47. The lowest BCUT2D eigenvalue weighted by Crippen LogP contribution is -2.03. The second-order valence-electron chi connectivity index (χ2n) is 6.83. The summed E-state index contributed by atoms with van der Waals surface area (Å²) in [6, 6.07) is 8.94. The molecule has 0 aromatic heterocycles. The second kappa shape index (κ2) is 6.07. The number of benzene rings is 1. The molecule has 4 unspecified atom stereocenters. The van der Waals surface area contributed by atoms with E-state index >= 15 is 0 Å². The van der Waals surface area contributed by atoms with Crippen LogP contribution in [0.4, 0.5) is 0 Å². The smallest absolute Gasteiger partial charge is 0.00119 e. The summed E-state index contributed by atoms with van der Waals surface area (Å²) in [5, 5.41) is 1.74. The van der Waals surface area contributed by atoms with Crippen molar-refractivity contribution in [3.63, 3.8) is 0 Å². The second-order valence-corrected chi connectivity index (χ2v) is 14.0. The molecular weight excluding hydrogens is 302 g/mol. The van der Waals surface area contributed by atoms with Crippen molar-refractivity contribution in [3.8, 4) is 0 Å². The molecule has 1 aromatic rings. The van der Waals surface area contributed by atoms with Crippen molar-refractivity contribution in [1.82, 2.24) is 0 Å². The first-order chi connectivity index (χ1) is 10.7. The Morgan fingerprint density at radius 2 is 1.64 bits per heavy atom. The lowest BCUT2D eigenvalue weighted by atomic mass is 9.92. The Morgan fingerprint density at radius 3 is 2.32 bits per heavy atom. The highest BCUT2D eigenvalue weighted by molar-refractivity contribution is 8.31. The van der Waals surface area contributed by atoms with Gasteiger partial charge in [-0.15, -0.1) is 0 Å². The van der Waals surface area contributed by atoms with Gasteiger partial charge in [0.1, 0.15) is 0 Å². The van der Waals surface area contributed by atoms with E-state index in [9.17, 15) is 0 Å². The van der Waals surface area contributed by atoms with Gasteiger partial charge in [-0.3, -0.25) is 0 Å². The third-order valence-corrected chi connectivity index (χ3v) is 13.8. The molecule has 22 heavy (non-hydrogen) atoms. The monoisotopic (exact) mass is 326 g/mol. The predicted octanol–water partition coefficient (Wildman–Crippen LogP) is 6.24. The molecule has 4 atom stereocenters. The molecule has 3 aliphatic rings. The van der Waals surface area contributed by atoms with Gasteiger partial charge >= 0.3 is 0 Å². The summed E-state index contributed by atoms with van der Waals surface area (Å²) in [6.45, 7) is 5.13. The summed E-state index contributed by atoms with van der Waals surface area (Å²) in [6.07, 6.45) is 16.0. The zero-order chi connectivity index (χ0) is 15.1. The first-order valence-corrected chi connectivity index (χ1v) is 12.7. The van der Waals surface area contributed by atoms with E-state index in [1.54, 1.807) is 10.9 Å². The molecule has 4 rings (SSSR count). The molecule has 0 radical (unpaired) electrons. The number of hydrogen-bond acceptors (Lipinski definition) is 0. The van der Waals surface area contributed by atoms with E-state index in [0.29, 0.717) is 0 Å². The lowest BCUT2D eigenvalue weighted by Gasteiger charge is -2.28. The lowest BCUT2D eigenvalue weighted by molar-refractivity contribution is 0.552. The molecule has 0 heterocycles. The molecule has 3 aliphatic carbocycles. The van der Waals surface area contributed by atoms with Crippen LogP contribution in [0, 0.1) is 11.8 Å². The molecule has 0 N–H and O–H groups in total. The van der Waals surface area contributed by atoms with Gasteiger partial charge in [-0.1, -0.05) is 69.9 Å². The van der Waals surface area contributed by atoms with Gasteiger partial charge in [0.05, 0.1) is 0 Å². The molecule has 114 valence electrons. The van der Waals surface area contributed by atoms with E-state index in [1.807, 2.05) is 0 Å². The van der Waals surface area contributed by atoms with Crippen LogP contribution in [0.3, 0.4) is 0 Å². The van der Waals surface area contributed by atoms with Crippen molar-refractivity contribution in [2.75, 3.05) is 13.3 Å². The number of allylic oxidation sites excluding steroid dienone is 5. The maximum absolute atomic E-state index is 2.58. The van der Waals surface area contributed by atoms with Crippen LogP contribution in [0.2, 0.25) is 0 Å². The van der Waals surface area contributed by atoms with Crippen molar-refractivity contribution >= 4 is 21.3 Å². The van der Waals surface area contributed by atoms with Crippen molar-refractivity contribution in [2.24, 2.45) is 11.8 Å². The van der Waals surface area contributed by atoms with Crippen LogP contribution in [-0.2, 0) is 6.42 Å². The quantitative estimate of drug-likeness (QED) is 0.577. The first kappa shape index (κ1) is 14.9. The van der Waals surface area contributed by atoms with Crippen molar-refractivity contribution in [1.29, 1.82) is 0 Å². The molecule has 1 fully saturated rings. The predicted molar refractivity (Wildman–Crippen MR) is 102 cm³/mol. The fraction of sp³-hybridized carbons (Fsp3) is 0.400. The van der Waals surface area contributed by atoms with E-state index in [0.717, 1.165) is 17.5 Å². The highest BCUT2D eigenvalue weighted by Crippen LogP contribution is 2.75. The van der Waals surface area contributed by atoms with Crippen LogP contribution in [0.25, 0.3) is 6.08 Å². The van der Waals surface area contributed by atoms with Crippen LogP contribution in [0.1, 0.15) is 24.0 Å². The van der Waals surface area contributed by atoms with Crippen LogP contribution >= 0.6 is 15.2 Å². The number of rotatable bonds is 3. The standard InChI is InChI=1S/C20H24P2/c1-21(19-11-15-7-3-4-8-16(15)12-19)22(2)20-13-17-9-5-6-10-18(17)14-20/h3-11,17-18,20H,12-14H2,1-2H3. The normalized spacial score (nSPS) is 31.5.